The Bertz CT molecular complexity index is 1670. The zero-order valence-electron chi connectivity index (χ0n) is 23.4. The average Bonchev–Trinajstić information content (AvgIpc) is 3.61. The van der Waals surface area contributed by atoms with Gasteiger partial charge >= 0.3 is 6.18 Å². The number of carbonyl (C=O) groups excluding carboxylic acids is 2. The lowest BCUT2D eigenvalue weighted by atomic mass is 10.0. The van der Waals surface area contributed by atoms with E-state index in [2.05, 4.69) is 42.8 Å². The molecule has 1 aromatic carbocycles. The molecule has 0 aliphatic carbocycles. The second-order valence-electron chi connectivity index (χ2n) is 9.56. The number of benzene rings is 1. The number of tetrazole rings is 1. The molecule has 16 heteroatoms. The number of alkyl halides is 3. The third-order valence-corrected chi connectivity index (χ3v) is 7.10. The van der Waals surface area contributed by atoms with Gasteiger partial charge < -0.3 is 10.6 Å². The summed E-state index contributed by atoms with van der Waals surface area (Å²) in [7, 11) is 0. The topological polar surface area (TPSA) is 156 Å². The molecular weight excluding hydrogens is 585 g/mol. The van der Waals surface area contributed by atoms with Crippen LogP contribution in [0.3, 0.4) is 0 Å². The van der Waals surface area contributed by atoms with Crippen LogP contribution in [0.4, 0.5) is 18.9 Å². The summed E-state index contributed by atoms with van der Waals surface area (Å²) in [5.41, 5.74) is 1.46. The van der Waals surface area contributed by atoms with E-state index in [1.165, 1.54) is 29.0 Å². The minimum absolute atomic E-state index is 0.0417. The predicted octanol–water partition coefficient (Wildman–Crippen LogP) is 3.61. The number of nitriles is 1. The van der Waals surface area contributed by atoms with Crippen LogP contribution in [0, 0.1) is 18.3 Å². The highest BCUT2D eigenvalue weighted by atomic mass is 32.2. The number of anilines is 1. The summed E-state index contributed by atoms with van der Waals surface area (Å²) in [6, 6.07) is 6.03. The normalized spacial score (nSPS) is 13.9. The van der Waals surface area contributed by atoms with Gasteiger partial charge in [0.15, 0.2) is 5.84 Å². The maximum absolute atomic E-state index is 13.8. The molecule has 2 amide bonds. The van der Waals surface area contributed by atoms with E-state index in [-0.39, 0.29) is 40.1 Å². The first-order chi connectivity index (χ1) is 20.5. The Balaban J connectivity index is 1.76. The van der Waals surface area contributed by atoms with Crippen LogP contribution in [0.1, 0.15) is 56.8 Å². The number of carbonyl (C=O) groups is 2. The number of nitrogens with zero attached hydrogens (tertiary/aromatic N) is 8. The van der Waals surface area contributed by atoms with E-state index in [0.717, 1.165) is 0 Å². The van der Waals surface area contributed by atoms with Gasteiger partial charge in [0.2, 0.25) is 0 Å². The van der Waals surface area contributed by atoms with Crippen molar-refractivity contribution in [3.63, 3.8) is 0 Å². The van der Waals surface area contributed by atoms with E-state index in [4.69, 9.17) is 0 Å². The second-order valence-corrected chi connectivity index (χ2v) is 10.5. The van der Waals surface area contributed by atoms with E-state index >= 15 is 0 Å². The molecule has 12 nitrogen and oxygen atoms in total. The molecule has 0 saturated carbocycles. The van der Waals surface area contributed by atoms with Crippen LogP contribution in [0.5, 0.6) is 0 Å². The molecule has 0 fully saturated rings. The largest absolute Gasteiger partial charge is 0.453 e. The molecule has 2 N–H and O–H groups in total. The maximum Gasteiger partial charge on any atom is 0.453 e. The molecule has 0 radical (unpaired) electrons. The van der Waals surface area contributed by atoms with E-state index in [1.807, 2.05) is 25.3 Å². The van der Waals surface area contributed by atoms with E-state index < -0.39 is 30.4 Å². The third-order valence-electron chi connectivity index (χ3n) is 6.27. The molecule has 0 saturated heterocycles. The lowest BCUT2D eigenvalue weighted by Crippen LogP contribution is -2.35. The van der Waals surface area contributed by atoms with Crippen LogP contribution in [-0.4, -0.2) is 72.2 Å². The fraction of sp³-hybridized carbons (Fsp3) is 0.333. The van der Waals surface area contributed by atoms with Crippen molar-refractivity contribution in [2.75, 3.05) is 23.9 Å². The number of aliphatic imine (C=N–C) groups is 1. The summed E-state index contributed by atoms with van der Waals surface area (Å²) in [6.07, 6.45) is 1.10. The fourth-order valence-electron chi connectivity index (χ4n) is 4.40. The predicted molar refractivity (Wildman–Crippen MR) is 154 cm³/mol. The lowest BCUT2D eigenvalue weighted by molar-refractivity contribution is -0.147. The van der Waals surface area contributed by atoms with Crippen molar-refractivity contribution in [1.82, 2.24) is 35.3 Å². The van der Waals surface area contributed by atoms with Gasteiger partial charge in [-0.25, -0.2) is 9.36 Å². The number of hydrogen-bond donors (Lipinski definition) is 2. The summed E-state index contributed by atoms with van der Waals surface area (Å²) < 4.78 is 41.9. The Morgan fingerprint density at radius 3 is 2.72 bits per heavy atom. The van der Waals surface area contributed by atoms with Gasteiger partial charge in [-0.05, 0) is 60.7 Å². The van der Waals surface area contributed by atoms with Gasteiger partial charge in [-0.15, -0.1) is 5.10 Å². The standard InChI is InChI=1S/C27H27F3N10O2S/c1-5-18-7-6-8-32-23(18)40-21(11-19(36-40)13-39-26(27(28,29)30)35-37-38-39)25(42)34-22-15(2)9-17(12-31)10-20(22)24(41)33-16(3)14-43-4/h5,7,9-11,16H,1,6,8,13-14H2,2-4H3,(H,33,41)(H,34,42)/t16-/m0/s1. The molecule has 4 rings (SSSR count). The number of hydrogen-bond acceptors (Lipinski definition) is 9. The van der Waals surface area contributed by atoms with Crippen LogP contribution >= 0.6 is 11.8 Å². The molecule has 0 spiro atoms. The number of aromatic nitrogens is 6. The molecular formula is C27H27F3N10O2S. The number of thioether (sulfide) groups is 1. The van der Waals surface area contributed by atoms with Crippen molar-refractivity contribution in [2.24, 2.45) is 4.99 Å². The third kappa shape index (κ3) is 7.00. The summed E-state index contributed by atoms with van der Waals surface area (Å²) >= 11 is 1.55. The summed E-state index contributed by atoms with van der Waals surface area (Å²) in [4.78, 5) is 31.5. The smallest absolute Gasteiger partial charge is 0.349 e. The van der Waals surface area contributed by atoms with Crippen molar-refractivity contribution < 1.29 is 22.8 Å². The van der Waals surface area contributed by atoms with E-state index in [9.17, 15) is 28.0 Å². The summed E-state index contributed by atoms with van der Waals surface area (Å²) in [5.74, 6) is -1.62. The Labute approximate surface area is 248 Å². The number of rotatable bonds is 9. The number of amides is 2. The highest BCUT2D eigenvalue weighted by Crippen LogP contribution is 2.28. The van der Waals surface area contributed by atoms with Crippen molar-refractivity contribution >= 4 is 35.1 Å². The Morgan fingerprint density at radius 1 is 1.28 bits per heavy atom. The van der Waals surface area contributed by atoms with Crippen molar-refractivity contribution in [3.8, 4) is 6.07 Å². The number of dihydropyridines is 1. The van der Waals surface area contributed by atoms with Gasteiger partial charge in [0.25, 0.3) is 17.6 Å². The summed E-state index contributed by atoms with van der Waals surface area (Å²) in [6.45, 7) is 7.15. The molecule has 1 aliphatic rings. The monoisotopic (exact) mass is 612 g/mol. The first-order valence-electron chi connectivity index (χ1n) is 12.9. The highest BCUT2D eigenvalue weighted by molar-refractivity contribution is 7.98. The van der Waals surface area contributed by atoms with Crippen LogP contribution in [0.2, 0.25) is 0 Å². The molecule has 1 atom stereocenters. The van der Waals surface area contributed by atoms with Gasteiger partial charge in [-0.3, -0.25) is 14.6 Å². The fourth-order valence-corrected chi connectivity index (χ4v) is 4.99. The Morgan fingerprint density at radius 2 is 2.05 bits per heavy atom. The Hall–Kier alpha value is -4.78. The molecule has 2 aromatic heterocycles. The molecule has 224 valence electrons. The van der Waals surface area contributed by atoms with Gasteiger partial charge in [-0.2, -0.15) is 35.3 Å². The van der Waals surface area contributed by atoms with Gasteiger partial charge in [-0.1, -0.05) is 18.7 Å². The minimum Gasteiger partial charge on any atom is -0.349 e. The zero-order valence-corrected chi connectivity index (χ0v) is 24.3. The highest BCUT2D eigenvalue weighted by Gasteiger charge is 2.38. The first kappa shape index (κ1) is 31.2. The summed E-state index contributed by atoms with van der Waals surface area (Å²) in [5, 5.41) is 29.1. The quantitative estimate of drug-likeness (QED) is 0.371. The van der Waals surface area contributed by atoms with Gasteiger partial charge in [0.1, 0.15) is 5.69 Å². The van der Waals surface area contributed by atoms with Crippen molar-refractivity contribution in [1.29, 1.82) is 5.26 Å². The van der Waals surface area contributed by atoms with Gasteiger partial charge in [0, 0.05) is 23.9 Å². The van der Waals surface area contributed by atoms with Crippen LogP contribution in [-0.2, 0) is 12.7 Å². The Kier molecular flexibility index (Phi) is 9.44. The number of aryl methyl sites for hydroxylation is 1. The van der Waals surface area contributed by atoms with Crippen molar-refractivity contribution in [2.45, 2.75) is 39.0 Å². The molecule has 0 bridgehead atoms. The molecule has 1 aliphatic heterocycles. The van der Waals surface area contributed by atoms with E-state index in [0.29, 0.717) is 34.5 Å². The first-order valence-corrected chi connectivity index (χ1v) is 14.3. The zero-order chi connectivity index (χ0) is 31.3. The van der Waals surface area contributed by atoms with Crippen LogP contribution in [0.15, 0.2) is 47.5 Å². The lowest BCUT2D eigenvalue weighted by Gasteiger charge is -2.18. The molecule has 0 unspecified atom stereocenters. The average molecular weight is 613 g/mol. The molecule has 3 heterocycles. The van der Waals surface area contributed by atoms with Crippen molar-refractivity contribution in [3.05, 3.63) is 76.4 Å². The number of nitrogens with one attached hydrogen (secondary N) is 2. The molecule has 3 aromatic rings. The van der Waals surface area contributed by atoms with Crippen LogP contribution < -0.4 is 10.6 Å². The van der Waals surface area contributed by atoms with Gasteiger partial charge in [0.05, 0.1) is 35.1 Å². The minimum atomic E-state index is -4.81. The SMILES string of the molecule is C=CC1=CCCN=C1n1nc(Cn2nnnc2C(F)(F)F)cc1C(=O)Nc1c(C)cc(C#N)cc1C(=O)N[C@@H](C)CSC. The van der Waals surface area contributed by atoms with E-state index in [1.54, 1.807) is 18.7 Å². The maximum atomic E-state index is 13.8. The number of allylic oxidation sites excluding steroid dienone is 2. The van der Waals surface area contributed by atoms with Crippen LogP contribution in [0.25, 0.3) is 0 Å². The second kappa shape index (κ2) is 13.0. The molecule has 43 heavy (non-hydrogen) atoms. The number of halogens is 3.